The molecule has 15 heavy (non-hydrogen) atoms. The highest BCUT2D eigenvalue weighted by atomic mass is 16.4. The summed E-state index contributed by atoms with van der Waals surface area (Å²) in [6.07, 6.45) is 0.688. The number of carbonyl (C=O) groups is 1. The quantitative estimate of drug-likeness (QED) is 0.717. The number of rotatable bonds is 6. The molecule has 0 fully saturated rings. The molecule has 3 heteroatoms. The standard InChI is InChI=1S/C12H24O3/c1-6-9(11(14)15)7-12(4,5)10(13)8(2)3/h8-10,13H,6-7H2,1-5H3,(H,14,15). The molecule has 0 saturated carbocycles. The Hall–Kier alpha value is -0.570. The van der Waals surface area contributed by atoms with Gasteiger partial charge in [0.05, 0.1) is 12.0 Å². The average Bonchev–Trinajstić information content (AvgIpc) is 2.12. The van der Waals surface area contributed by atoms with Gasteiger partial charge in [0.25, 0.3) is 0 Å². The van der Waals surface area contributed by atoms with E-state index in [1.165, 1.54) is 0 Å². The van der Waals surface area contributed by atoms with E-state index in [4.69, 9.17) is 5.11 Å². The largest absolute Gasteiger partial charge is 0.481 e. The Bertz CT molecular complexity index is 209. The first kappa shape index (κ1) is 14.4. The molecule has 90 valence electrons. The summed E-state index contributed by atoms with van der Waals surface area (Å²) in [6.45, 7) is 9.64. The molecule has 2 N–H and O–H groups in total. The van der Waals surface area contributed by atoms with Crippen LogP contribution in [0, 0.1) is 17.3 Å². The lowest BCUT2D eigenvalue weighted by Crippen LogP contribution is -2.36. The summed E-state index contributed by atoms with van der Waals surface area (Å²) < 4.78 is 0. The van der Waals surface area contributed by atoms with Crippen molar-refractivity contribution in [1.82, 2.24) is 0 Å². The van der Waals surface area contributed by atoms with Crippen molar-refractivity contribution in [3.8, 4) is 0 Å². The van der Waals surface area contributed by atoms with E-state index in [1.54, 1.807) is 0 Å². The van der Waals surface area contributed by atoms with Crippen molar-refractivity contribution in [3.63, 3.8) is 0 Å². The fourth-order valence-corrected chi connectivity index (χ4v) is 2.06. The molecule has 0 aromatic rings. The predicted molar refractivity (Wildman–Crippen MR) is 60.7 cm³/mol. The van der Waals surface area contributed by atoms with Crippen molar-refractivity contribution in [3.05, 3.63) is 0 Å². The van der Waals surface area contributed by atoms with Gasteiger partial charge in [0, 0.05) is 0 Å². The Morgan fingerprint density at radius 3 is 2.07 bits per heavy atom. The van der Waals surface area contributed by atoms with Crippen molar-refractivity contribution in [2.75, 3.05) is 0 Å². The molecule has 0 aliphatic rings. The Morgan fingerprint density at radius 2 is 1.80 bits per heavy atom. The summed E-state index contributed by atoms with van der Waals surface area (Å²) in [5, 5.41) is 19.0. The van der Waals surface area contributed by atoms with Gasteiger partial charge in [0.15, 0.2) is 0 Å². The minimum absolute atomic E-state index is 0.159. The highest BCUT2D eigenvalue weighted by molar-refractivity contribution is 5.69. The number of aliphatic hydroxyl groups is 1. The van der Waals surface area contributed by atoms with E-state index < -0.39 is 12.1 Å². The molecule has 0 aromatic heterocycles. The molecular weight excluding hydrogens is 192 g/mol. The van der Waals surface area contributed by atoms with Gasteiger partial charge < -0.3 is 10.2 Å². The number of hydrogen-bond acceptors (Lipinski definition) is 2. The van der Waals surface area contributed by atoms with E-state index in [1.807, 2.05) is 34.6 Å². The van der Waals surface area contributed by atoms with E-state index in [2.05, 4.69) is 0 Å². The van der Waals surface area contributed by atoms with Gasteiger partial charge >= 0.3 is 5.97 Å². The normalized spacial score (nSPS) is 16.5. The van der Waals surface area contributed by atoms with Crippen LogP contribution in [0.4, 0.5) is 0 Å². The molecular formula is C12H24O3. The zero-order chi connectivity index (χ0) is 12.2. The number of carboxylic acid groups (broad SMARTS) is 1. The Labute approximate surface area is 92.5 Å². The summed E-state index contributed by atoms with van der Waals surface area (Å²) in [4.78, 5) is 10.9. The van der Waals surface area contributed by atoms with Gasteiger partial charge in [-0.1, -0.05) is 34.6 Å². The molecule has 0 bridgehead atoms. The SMILES string of the molecule is CCC(CC(C)(C)C(O)C(C)C)C(=O)O. The second kappa shape index (κ2) is 5.50. The second-order valence-corrected chi connectivity index (χ2v) is 5.32. The molecule has 0 rings (SSSR count). The molecule has 0 amide bonds. The van der Waals surface area contributed by atoms with Crippen molar-refractivity contribution < 1.29 is 15.0 Å². The smallest absolute Gasteiger partial charge is 0.306 e. The van der Waals surface area contributed by atoms with Crippen LogP contribution in [0.5, 0.6) is 0 Å². The summed E-state index contributed by atoms with van der Waals surface area (Å²) in [5.41, 5.74) is -0.340. The van der Waals surface area contributed by atoms with Crippen LogP contribution >= 0.6 is 0 Å². The first-order valence-electron chi connectivity index (χ1n) is 5.63. The summed E-state index contributed by atoms with van der Waals surface area (Å²) >= 11 is 0. The third-order valence-corrected chi connectivity index (χ3v) is 3.05. The van der Waals surface area contributed by atoms with Gasteiger partial charge in [-0.05, 0) is 24.2 Å². The first-order valence-corrected chi connectivity index (χ1v) is 5.63. The third-order valence-electron chi connectivity index (χ3n) is 3.05. The molecule has 3 nitrogen and oxygen atoms in total. The summed E-state index contributed by atoms with van der Waals surface area (Å²) in [5.74, 6) is -0.957. The Balaban J connectivity index is 4.53. The van der Waals surface area contributed by atoms with Crippen LogP contribution < -0.4 is 0 Å². The van der Waals surface area contributed by atoms with Crippen LogP contribution in [-0.2, 0) is 4.79 Å². The van der Waals surface area contributed by atoms with Gasteiger partial charge in [-0.25, -0.2) is 0 Å². The second-order valence-electron chi connectivity index (χ2n) is 5.32. The number of aliphatic carboxylic acids is 1. The third kappa shape index (κ3) is 4.20. The monoisotopic (exact) mass is 216 g/mol. The minimum atomic E-state index is -0.762. The Kier molecular flexibility index (Phi) is 5.29. The van der Waals surface area contributed by atoms with Crippen LogP contribution in [0.25, 0.3) is 0 Å². The lowest BCUT2D eigenvalue weighted by atomic mass is 9.74. The van der Waals surface area contributed by atoms with Crippen molar-refractivity contribution in [1.29, 1.82) is 0 Å². The van der Waals surface area contributed by atoms with Gasteiger partial charge in [-0.2, -0.15) is 0 Å². The minimum Gasteiger partial charge on any atom is -0.481 e. The topological polar surface area (TPSA) is 57.5 Å². The van der Waals surface area contributed by atoms with Gasteiger partial charge in [0.1, 0.15) is 0 Å². The van der Waals surface area contributed by atoms with E-state index in [0.29, 0.717) is 12.8 Å². The highest BCUT2D eigenvalue weighted by Crippen LogP contribution is 2.34. The lowest BCUT2D eigenvalue weighted by molar-refractivity contribution is -0.144. The molecule has 0 aromatic carbocycles. The average molecular weight is 216 g/mol. The molecule has 2 atom stereocenters. The molecule has 0 aliphatic carbocycles. The zero-order valence-electron chi connectivity index (χ0n) is 10.4. The van der Waals surface area contributed by atoms with Gasteiger partial charge in [0.2, 0.25) is 0 Å². The van der Waals surface area contributed by atoms with Gasteiger partial charge in [-0.3, -0.25) is 4.79 Å². The summed E-state index contributed by atoms with van der Waals surface area (Å²) in [6, 6.07) is 0. The van der Waals surface area contributed by atoms with E-state index >= 15 is 0 Å². The van der Waals surface area contributed by atoms with Crippen LogP contribution in [0.3, 0.4) is 0 Å². The van der Waals surface area contributed by atoms with Crippen molar-refractivity contribution in [2.24, 2.45) is 17.3 Å². The van der Waals surface area contributed by atoms with Crippen LogP contribution in [0.15, 0.2) is 0 Å². The molecule has 0 heterocycles. The van der Waals surface area contributed by atoms with Crippen molar-refractivity contribution >= 4 is 5.97 Å². The van der Waals surface area contributed by atoms with Crippen LogP contribution in [0.1, 0.15) is 47.5 Å². The maximum absolute atomic E-state index is 10.9. The van der Waals surface area contributed by atoms with Crippen LogP contribution in [-0.4, -0.2) is 22.3 Å². The molecule has 2 unspecified atom stereocenters. The fourth-order valence-electron chi connectivity index (χ4n) is 2.06. The van der Waals surface area contributed by atoms with E-state index in [-0.39, 0.29) is 17.3 Å². The van der Waals surface area contributed by atoms with E-state index in [9.17, 15) is 9.90 Å². The number of hydrogen-bond donors (Lipinski definition) is 2. The fraction of sp³-hybridized carbons (Fsp3) is 0.917. The zero-order valence-corrected chi connectivity index (χ0v) is 10.4. The highest BCUT2D eigenvalue weighted by Gasteiger charge is 2.34. The Morgan fingerprint density at radius 1 is 1.33 bits per heavy atom. The lowest BCUT2D eigenvalue weighted by Gasteiger charge is -2.35. The summed E-state index contributed by atoms with van der Waals surface area (Å²) in [7, 11) is 0. The van der Waals surface area contributed by atoms with E-state index in [0.717, 1.165) is 0 Å². The maximum atomic E-state index is 10.9. The van der Waals surface area contributed by atoms with Crippen LogP contribution in [0.2, 0.25) is 0 Å². The predicted octanol–water partition coefficient (Wildman–Crippen LogP) is 2.53. The maximum Gasteiger partial charge on any atom is 0.306 e. The molecule has 0 radical (unpaired) electrons. The first-order chi connectivity index (χ1) is 6.72. The van der Waals surface area contributed by atoms with Gasteiger partial charge in [-0.15, -0.1) is 0 Å². The molecule has 0 aliphatic heterocycles. The van der Waals surface area contributed by atoms with Crippen molar-refractivity contribution in [2.45, 2.75) is 53.6 Å². The molecule has 0 spiro atoms. The number of aliphatic hydroxyl groups excluding tert-OH is 1. The molecule has 0 saturated heterocycles. The number of carboxylic acids is 1.